The number of piperidine rings is 1. The highest BCUT2D eigenvalue weighted by atomic mass is 16.4. The van der Waals surface area contributed by atoms with Crippen molar-refractivity contribution in [2.75, 3.05) is 19.6 Å². The van der Waals surface area contributed by atoms with Crippen LogP contribution in [0.25, 0.3) is 0 Å². The predicted octanol–water partition coefficient (Wildman–Crippen LogP) is 0.725. The Hall–Kier alpha value is -0.770. The molecule has 0 aromatic heterocycles. The number of amides is 1. The Morgan fingerprint density at radius 2 is 2.08 bits per heavy atom. The second-order valence-electron chi connectivity index (χ2n) is 3.29. The standard InChI is InChI=1S/C8H16N2O2/c9-4-1-7-2-5-10(6-3-7)8(11)12/h7H,1-6,9H2,(H,11,12). The molecule has 1 saturated heterocycles. The smallest absolute Gasteiger partial charge is 0.407 e. The minimum atomic E-state index is -0.791. The number of likely N-dealkylation sites (tertiary alicyclic amines) is 1. The lowest BCUT2D eigenvalue weighted by Crippen LogP contribution is -2.37. The molecule has 1 aliphatic rings. The van der Waals surface area contributed by atoms with Crippen LogP contribution in [0.1, 0.15) is 19.3 Å². The zero-order chi connectivity index (χ0) is 8.97. The van der Waals surface area contributed by atoms with E-state index in [0.717, 1.165) is 25.8 Å². The topological polar surface area (TPSA) is 66.6 Å². The minimum absolute atomic E-state index is 0.644. The van der Waals surface area contributed by atoms with Crippen molar-refractivity contribution in [3.05, 3.63) is 0 Å². The number of nitrogens with two attached hydrogens (primary N) is 1. The molecule has 12 heavy (non-hydrogen) atoms. The number of nitrogens with zero attached hydrogens (tertiary/aromatic N) is 1. The van der Waals surface area contributed by atoms with Gasteiger partial charge >= 0.3 is 6.09 Å². The molecule has 0 aromatic carbocycles. The number of rotatable bonds is 2. The molecule has 0 aliphatic carbocycles. The van der Waals surface area contributed by atoms with Crippen LogP contribution in [0.5, 0.6) is 0 Å². The van der Waals surface area contributed by atoms with E-state index in [-0.39, 0.29) is 0 Å². The average molecular weight is 172 g/mol. The van der Waals surface area contributed by atoms with E-state index in [4.69, 9.17) is 10.8 Å². The molecule has 1 aliphatic heterocycles. The molecule has 4 nitrogen and oxygen atoms in total. The van der Waals surface area contributed by atoms with Gasteiger partial charge in [-0.25, -0.2) is 4.79 Å². The van der Waals surface area contributed by atoms with Crippen molar-refractivity contribution in [1.29, 1.82) is 0 Å². The van der Waals surface area contributed by atoms with Crippen molar-refractivity contribution in [3.63, 3.8) is 0 Å². The minimum Gasteiger partial charge on any atom is -0.465 e. The van der Waals surface area contributed by atoms with Crippen molar-refractivity contribution in [2.45, 2.75) is 19.3 Å². The van der Waals surface area contributed by atoms with Gasteiger partial charge in [-0.15, -0.1) is 0 Å². The van der Waals surface area contributed by atoms with Crippen LogP contribution in [0, 0.1) is 5.92 Å². The maximum Gasteiger partial charge on any atom is 0.407 e. The first-order chi connectivity index (χ1) is 5.74. The van der Waals surface area contributed by atoms with Crippen LogP contribution in [-0.4, -0.2) is 35.7 Å². The van der Waals surface area contributed by atoms with Gasteiger partial charge in [0.15, 0.2) is 0 Å². The summed E-state index contributed by atoms with van der Waals surface area (Å²) < 4.78 is 0. The van der Waals surface area contributed by atoms with Gasteiger partial charge in [-0.05, 0) is 31.7 Å². The van der Waals surface area contributed by atoms with E-state index in [1.165, 1.54) is 4.90 Å². The van der Waals surface area contributed by atoms with E-state index in [1.807, 2.05) is 0 Å². The third-order valence-corrected chi connectivity index (χ3v) is 2.46. The first-order valence-corrected chi connectivity index (χ1v) is 4.42. The summed E-state index contributed by atoms with van der Waals surface area (Å²) in [6.07, 6.45) is 2.20. The molecule has 1 heterocycles. The van der Waals surface area contributed by atoms with Crippen LogP contribution in [0.3, 0.4) is 0 Å². The highest BCUT2D eigenvalue weighted by Gasteiger charge is 2.21. The monoisotopic (exact) mass is 172 g/mol. The fraction of sp³-hybridized carbons (Fsp3) is 0.875. The Kier molecular flexibility index (Phi) is 3.34. The second kappa shape index (κ2) is 4.30. The van der Waals surface area contributed by atoms with E-state index in [2.05, 4.69) is 0 Å². The molecule has 0 radical (unpaired) electrons. The Labute approximate surface area is 72.3 Å². The maximum atomic E-state index is 10.5. The zero-order valence-corrected chi connectivity index (χ0v) is 7.20. The molecule has 0 saturated carbocycles. The molecule has 0 spiro atoms. The lowest BCUT2D eigenvalue weighted by atomic mass is 9.94. The molecule has 0 atom stereocenters. The van der Waals surface area contributed by atoms with E-state index in [9.17, 15) is 4.79 Å². The summed E-state index contributed by atoms with van der Waals surface area (Å²) in [5.74, 6) is 0.644. The summed E-state index contributed by atoms with van der Waals surface area (Å²) in [6, 6.07) is 0. The molecule has 70 valence electrons. The fourth-order valence-corrected chi connectivity index (χ4v) is 1.65. The summed E-state index contributed by atoms with van der Waals surface area (Å²) >= 11 is 0. The predicted molar refractivity (Wildman–Crippen MR) is 46.0 cm³/mol. The van der Waals surface area contributed by atoms with Crippen molar-refractivity contribution in [2.24, 2.45) is 11.7 Å². The van der Waals surface area contributed by atoms with Gasteiger partial charge in [-0.1, -0.05) is 0 Å². The van der Waals surface area contributed by atoms with Crippen LogP contribution in [0.15, 0.2) is 0 Å². The first kappa shape index (κ1) is 9.32. The molecular formula is C8H16N2O2. The molecule has 1 rings (SSSR count). The summed E-state index contributed by atoms with van der Waals surface area (Å²) in [5, 5.41) is 8.66. The normalized spacial score (nSPS) is 19.6. The lowest BCUT2D eigenvalue weighted by molar-refractivity contribution is 0.123. The third-order valence-electron chi connectivity index (χ3n) is 2.46. The Balaban J connectivity index is 2.25. The van der Waals surface area contributed by atoms with Gasteiger partial charge in [-0.3, -0.25) is 0 Å². The summed E-state index contributed by atoms with van der Waals surface area (Å²) in [6.45, 7) is 2.08. The van der Waals surface area contributed by atoms with Gasteiger partial charge < -0.3 is 15.7 Å². The lowest BCUT2D eigenvalue weighted by Gasteiger charge is -2.29. The number of hydrogen-bond donors (Lipinski definition) is 2. The maximum absolute atomic E-state index is 10.5. The van der Waals surface area contributed by atoms with E-state index in [0.29, 0.717) is 19.0 Å². The van der Waals surface area contributed by atoms with Crippen molar-refractivity contribution in [1.82, 2.24) is 4.90 Å². The summed E-state index contributed by atoms with van der Waals surface area (Å²) in [5.41, 5.74) is 5.42. The van der Waals surface area contributed by atoms with Gasteiger partial charge in [0.1, 0.15) is 0 Å². The van der Waals surface area contributed by atoms with Gasteiger partial charge in [0.05, 0.1) is 0 Å². The van der Waals surface area contributed by atoms with Crippen LogP contribution in [0.4, 0.5) is 4.79 Å². The molecule has 0 bridgehead atoms. The molecule has 3 N–H and O–H groups in total. The third kappa shape index (κ3) is 2.37. The van der Waals surface area contributed by atoms with Crippen LogP contribution < -0.4 is 5.73 Å². The number of carbonyl (C=O) groups is 1. The zero-order valence-electron chi connectivity index (χ0n) is 7.20. The van der Waals surface area contributed by atoms with Crippen LogP contribution in [0.2, 0.25) is 0 Å². The number of hydrogen-bond acceptors (Lipinski definition) is 2. The molecule has 4 heteroatoms. The SMILES string of the molecule is NCCC1CCN(C(=O)O)CC1. The highest BCUT2D eigenvalue weighted by Crippen LogP contribution is 2.19. The van der Waals surface area contributed by atoms with Crippen molar-refractivity contribution < 1.29 is 9.90 Å². The van der Waals surface area contributed by atoms with E-state index < -0.39 is 6.09 Å². The van der Waals surface area contributed by atoms with Gasteiger partial charge in [-0.2, -0.15) is 0 Å². The first-order valence-electron chi connectivity index (χ1n) is 4.42. The average Bonchev–Trinajstić information content (AvgIpc) is 2.06. The summed E-state index contributed by atoms with van der Waals surface area (Å²) in [7, 11) is 0. The van der Waals surface area contributed by atoms with Gasteiger partial charge in [0.25, 0.3) is 0 Å². The molecule has 1 amide bonds. The largest absolute Gasteiger partial charge is 0.465 e. The summed E-state index contributed by atoms with van der Waals surface area (Å²) in [4.78, 5) is 12.0. The molecular weight excluding hydrogens is 156 g/mol. The Morgan fingerprint density at radius 1 is 1.50 bits per heavy atom. The fourth-order valence-electron chi connectivity index (χ4n) is 1.65. The number of carboxylic acid groups (broad SMARTS) is 1. The molecule has 0 unspecified atom stereocenters. The molecule has 1 fully saturated rings. The van der Waals surface area contributed by atoms with Gasteiger partial charge in [0.2, 0.25) is 0 Å². The second-order valence-corrected chi connectivity index (χ2v) is 3.29. The van der Waals surface area contributed by atoms with Gasteiger partial charge in [0, 0.05) is 13.1 Å². The Morgan fingerprint density at radius 3 is 2.50 bits per heavy atom. The van der Waals surface area contributed by atoms with Crippen molar-refractivity contribution in [3.8, 4) is 0 Å². The van der Waals surface area contributed by atoms with Crippen molar-refractivity contribution >= 4 is 6.09 Å². The Bertz CT molecular complexity index is 153. The molecule has 0 aromatic rings. The quantitative estimate of drug-likeness (QED) is 0.645. The van der Waals surface area contributed by atoms with Crippen LogP contribution in [-0.2, 0) is 0 Å². The van der Waals surface area contributed by atoms with Crippen LogP contribution >= 0.6 is 0 Å². The highest BCUT2D eigenvalue weighted by molar-refractivity contribution is 5.64. The van der Waals surface area contributed by atoms with E-state index in [1.54, 1.807) is 0 Å². The van der Waals surface area contributed by atoms with E-state index >= 15 is 0 Å².